The summed E-state index contributed by atoms with van der Waals surface area (Å²) in [5.41, 5.74) is 0.643. The Bertz CT molecular complexity index is 426. The molecule has 0 aliphatic carbocycles. The molecule has 0 spiro atoms. The molecular weight excluding hydrogens is 257 g/mol. The quantitative estimate of drug-likeness (QED) is 0.915. The summed E-state index contributed by atoms with van der Waals surface area (Å²) in [5, 5.41) is 9.30. The van der Waals surface area contributed by atoms with Gasteiger partial charge in [-0.1, -0.05) is 11.6 Å². The zero-order valence-corrected chi connectivity index (χ0v) is 10.7. The number of aliphatic carboxylic acids is 1. The third-order valence-electron chi connectivity index (χ3n) is 3.22. The Morgan fingerprint density at radius 3 is 2.61 bits per heavy atom. The number of nitrogens with zero attached hydrogens (tertiary/aromatic N) is 1. The SMILES string of the molecule is O=C(O)CC(c1cc(F)cc(Cl)c1)N1CCCC1. The molecule has 1 fully saturated rings. The smallest absolute Gasteiger partial charge is 0.305 e. The number of benzene rings is 1. The molecule has 0 aromatic heterocycles. The zero-order chi connectivity index (χ0) is 13.1. The average Bonchev–Trinajstić information content (AvgIpc) is 2.77. The Kier molecular flexibility index (Phi) is 4.19. The molecule has 1 unspecified atom stereocenters. The Labute approximate surface area is 110 Å². The van der Waals surface area contributed by atoms with Crippen molar-refractivity contribution < 1.29 is 14.3 Å². The van der Waals surface area contributed by atoms with E-state index in [2.05, 4.69) is 4.90 Å². The van der Waals surface area contributed by atoms with Gasteiger partial charge in [-0.25, -0.2) is 4.39 Å². The van der Waals surface area contributed by atoms with Crippen molar-refractivity contribution in [2.75, 3.05) is 13.1 Å². The van der Waals surface area contributed by atoms with Gasteiger partial charge in [-0.3, -0.25) is 9.69 Å². The fourth-order valence-electron chi connectivity index (χ4n) is 2.44. The average molecular weight is 272 g/mol. The van der Waals surface area contributed by atoms with E-state index < -0.39 is 11.8 Å². The highest BCUT2D eigenvalue weighted by molar-refractivity contribution is 6.30. The highest BCUT2D eigenvalue weighted by atomic mass is 35.5. The van der Waals surface area contributed by atoms with Crippen LogP contribution in [0.3, 0.4) is 0 Å². The predicted octanol–water partition coefficient (Wildman–Crippen LogP) is 3.09. The van der Waals surface area contributed by atoms with Gasteiger partial charge in [0.2, 0.25) is 0 Å². The van der Waals surface area contributed by atoms with E-state index in [-0.39, 0.29) is 12.5 Å². The predicted molar refractivity (Wildman–Crippen MR) is 67.2 cm³/mol. The first-order chi connectivity index (χ1) is 8.56. The lowest BCUT2D eigenvalue weighted by Crippen LogP contribution is -2.27. The van der Waals surface area contributed by atoms with Gasteiger partial charge in [0.1, 0.15) is 5.82 Å². The van der Waals surface area contributed by atoms with Gasteiger partial charge < -0.3 is 5.11 Å². The first kappa shape index (κ1) is 13.3. The molecule has 2 rings (SSSR count). The number of rotatable bonds is 4. The van der Waals surface area contributed by atoms with Crippen LogP contribution in [0.15, 0.2) is 18.2 Å². The second-order valence-corrected chi connectivity index (χ2v) is 5.00. The van der Waals surface area contributed by atoms with Gasteiger partial charge >= 0.3 is 5.97 Å². The first-order valence-corrected chi connectivity index (χ1v) is 6.36. The van der Waals surface area contributed by atoms with Crippen LogP contribution in [0.1, 0.15) is 30.9 Å². The van der Waals surface area contributed by atoms with Crippen LogP contribution in [-0.4, -0.2) is 29.1 Å². The highest BCUT2D eigenvalue weighted by Gasteiger charge is 2.26. The number of likely N-dealkylation sites (tertiary alicyclic amines) is 1. The van der Waals surface area contributed by atoms with Gasteiger partial charge in [0.15, 0.2) is 0 Å². The molecule has 1 aromatic carbocycles. The summed E-state index contributed by atoms with van der Waals surface area (Å²) < 4.78 is 13.4. The Balaban J connectivity index is 2.28. The molecule has 1 N–H and O–H groups in total. The second kappa shape index (κ2) is 5.67. The molecule has 0 saturated carbocycles. The molecule has 1 atom stereocenters. The van der Waals surface area contributed by atoms with Crippen molar-refractivity contribution in [2.45, 2.75) is 25.3 Å². The van der Waals surface area contributed by atoms with E-state index in [1.807, 2.05) is 0 Å². The van der Waals surface area contributed by atoms with Crippen LogP contribution < -0.4 is 0 Å². The van der Waals surface area contributed by atoms with Crippen molar-refractivity contribution in [3.8, 4) is 0 Å². The van der Waals surface area contributed by atoms with Crippen molar-refractivity contribution in [2.24, 2.45) is 0 Å². The fraction of sp³-hybridized carbons (Fsp3) is 0.462. The van der Waals surface area contributed by atoms with Crippen molar-refractivity contribution in [3.63, 3.8) is 0 Å². The summed E-state index contributed by atoms with van der Waals surface area (Å²) in [5.74, 6) is -1.31. The molecule has 1 heterocycles. The molecule has 0 bridgehead atoms. The van der Waals surface area contributed by atoms with Crippen LogP contribution in [0, 0.1) is 5.82 Å². The second-order valence-electron chi connectivity index (χ2n) is 4.56. The maximum absolute atomic E-state index is 13.4. The van der Waals surface area contributed by atoms with Gasteiger partial charge in [-0.2, -0.15) is 0 Å². The number of carboxylic acids is 1. The number of hydrogen-bond donors (Lipinski definition) is 1. The standard InChI is InChI=1S/C13H15ClFNO2/c14-10-5-9(6-11(15)7-10)12(8-13(17)18)16-3-1-2-4-16/h5-7,12H,1-4,8H2,(H,17,18). The molecular formula is C13H15ClFNO2. The van der Waals surface area contributed by atoms with Crippen molar-refractivity contribution in [3.05, 3.63) is 34.6 Å². The summed E-state index contributed by atoms with van der Waals surface area (Å²) in [6.07, 6.45) is 2.08. The molecule has 0 radical (unpaired) electrons. The van der Waals surface area contributed by atoms with Crippen LogP contribution in [0.25, 0.3) is 0 Å². The largest absolute Gasteiger partial charge is 0.481 e. The highest BCUT2D eigenvalue weighted by Crippen LogP contribution is 2.30. The summed E-state index contributed by atoms with van der Waals surface area (Å²) in [7, 11) is 0. The minimum atomic E-state index is -0.882. The Morgan fingerprint density at radius 1 is 1.39 bits per heavy atom. The van der Waals surface area contributed by atoms with Crippen LogP contribution in [0.5, 0.6) is 0 Å². The van der Waals surface area contributed by atoms with Crippen LogP contribution in [0.2, 0.25) is 5.02 Å². The number of halogens is 2. The third kappa shape index (κ3) is 3.21. The lowest BCUT2D eigenvalue weighted by atomic mass is 10.0. The van der Waals surface area contributed by atoms with E-state index in [9.17, 15) is 9.18 Å². The number of carbonyl (C=O) groups is 1. The molecule has 1 aromatic rings. The molecule has 1 aliphatic rings. The van der Waals surface area contributed by atoms with E-state index >= 15 is 0 Å². The minimum absolute atomic E-state index is 0.0280. The number of hydrogen-bond acceptors (Lipinski definition) is 2. The topological polar surface area (TPSA) is 40.5 Å². The van der Waals surface area contributed by atoms with Crippen molar-refractivity contribution in [1.82, 2.24) is 4.90 Å². The van der Waals surface area contributed by atoms with E-state index in [0.29, 0.717) is 10.6 Å². The Hall–Kier alpha value is -1.13. The van der Waals surface area contributed by atoms with Gasteiger partial charge in [0, 0.05) is 11.1 Å². The molecule has 1 saturated heterocycles. The maximum atomic E-state index is 13.4. The molecule has 0 amide bonds. The van der Waals surface area contributed by atoms with E-state index in [1.165, 1.54) is 12.1 Å². The van der Waals surface area contributed by atoms with Gasteiger partial charge in [-0.15, -0.1) is 0 Å². The van der Waals surface area contributed by atoms with E-state index in [0.717, 1.165) is 25.9 Å². The van der Waals surface area contributed by atoms with E-state index in [1.54, 1.807) is 6.07 Å². The summed E-state index contributed by atoms with van der Waals surface area (Å²) in [6, 6.07) is 3.96. The van der Waals surface area contributed by atoms with E-state index in [4.69, 9.17) is 16.7 Å². The fourth-order valence-corrected chi connectivity index (χ4v) is 2.67. The van der Waals surface area contributed by atoms with Crippen molar-refractivity contribution in [1.29, 1.82) is 0 Å². The molecule has 1 aliphatic heterocycles. The first-order valence-electron chi connectivity index (χ1n) is 5.98. The molecule has 98 valence electrons. The summed E-state index contributed by atoms with van der Waals surface area (Å²) in [4.78, 5) is 13.0. The van der Waals surface area contributed by atoms with Gasteiger partial charge in [-0.05, 0) is 49.7 Å². The normalized spacial score (nSPS) is 17.9. The zero-order valence-electron chi connectivity index (χ0n) is 9.90. The third-order valence-corrected chi connectivity index (χ3v) is 3.44. The molecule has 5 heteroatoms. The van der Waals surface area contributed by atoms with Gasteiger partial charge in [0.25, 0.3) is 0 Å². The molecule has 18 heavy (non-hydrogen) atoms. The van der Waals surface area contributed by atoms with Gasteiger partial charge in [0.05, 0.1) is 6.42 Å². The lowest BCUT2D eigenvalue weighted by molar-refractivity contribution is -0.138. The molecule has 3 nitrogen and oxygen atoms in total. The maximum Gasteiger partial charge on any atom is 0.305 e. The van der Waals surface area contributed by atoms with Crippen LogP contribution in [0.4, 0.5) is 4.39 Å². The minimum Gasteiger partial charge on any atom is -0.481 e. The monoisotopic (exact) mass is 271 g/mol. The number of carboxylic acid groups (broad SMARTS) is 1. The summed E-state index contributed by atoms with van der Waals surface area (Å²) in [6.45, 7) is 1.71. The van der Waals surface area contributed by atoms with Crippen molar-refractivity contribution >= 4 is 17.6 Å². The summed E-state index contributed by atoms with van der Waals surface area (Å²) >= 11 is 5.83. The lowest BCUT2D eigenvalue weighted by Gasteiger charge is -2.26. The Morgan fingerprint density at radius 2 is 2.06 bits per heavy atom. The van der Waals surface area contributed by atoms with Crippen LogP contribution in [-0.2, 0) is 4.79 Å². The van der Waals surface area contributed by atoms with Crippen LogP contribution >= 0.6 is 11.6 Å².